The molecule has 0 aliphatic heterocycles. The Bertz CT molecular complexity index is 595. The molecule has 0 amide bonds. The van der Waals surface area contributed by atoms with Gasteiger partial charge in [0.2, 0.25) is 5.13 Å². The number of rotatable bonds is 4. The van der Waals surface area contributed by atoms with Crippen molar-refractivity contribution in [1.29, 1.82) is 0 Å². The van der Waals surface area contributed by atoms with Crippen LogP contribution in [-0.4, -0.2) is 10.2 Å². The van der Waals surface area contributed by atoms with Crippen molar-refractivity contribution < 1.29 is 17.6 Å². The number of nitrogens with zero attached hydrogens (tertiary/aromatic N) is 2. The van der Waals surface area contributed by atoms with E-state index in [2.05, 4.69) is 15.5 Å². The monoisotopic (exact) mass is 305 g/mol. The van der Waals surface area contributed by atoms with Crippen molar-refractivity contribution in [3.63, 3.8) is 0 Å². The van der Waals surface area contributed by atoms with E-state index in [1.165, 1.54) is 17.4 Å². The second-order valence-corrected chi connectivity index (χ2v) is 5.08. The minimum Gasteiger partial charge on any atom is -0.356 e. The first-order chi connectivity index (χ1) is 9.40. The zero-order valence-corrected chi connectivity index (χ0v) is 11.3. The van der Waals surface area contributed by atoms with Crippen LogP contribution in [0.3, 0.4) is 0 Å². The first kappa shape index (κ1) is 14.7. The number of aromatic nitrogens is 2. The molecule has 108 valence electrons. The van der Waals surface area contributed by atoms with Gasteiger partial charge in [-0.05, 0) is 24.1 Å². The zero-order valence-electron chi connectivity index (χ0n) is 10.5. The van der Waals surface area contributed by atoms with Crippen molar-refractivity contribution in [3.05, 3.63) is 40.2 Å². The number of aryl methyl sites for hydroxylation is 1. The Labute approximate surface area is 116 Å². The Balaban J connectivity index is 2.10. The number of halogens is 4. The van der Waals surface area contributed by atoms with E-state index in [0.29, 0.717) is 10.7 Å². The molecule has 0 bridgehead atoms. The molecule has 0 unspecified atom stereocenters. The van der Waals surface area contributed by atoms with Crippen LogP contribution in [0.1, 0.15) is 23.1 Å². The minimum atomic E-state index is -4.70. The molecule has 0 spiro atoms. The number of nitrogens with one attached hydrogen (secondary N) is 1. The van der Waals surface area contributed by atoms with Gasteiger partial charge in [0.15, 0.2) is 0 Å². The predicted octanol–water partition coefficient (Wildman–Crippen LogP) is 3.87. The first-order valence-corrected chi connectivity index (χ1v) is 6.63. The third-order valence-electron chi connectivity index (χ3n) is 2.55. The number of hydrogen-bond acceptors (Lipinski definition) is 4. The fourth-order valence-electron chi connectivity index (χ4n) is 1.55. The smallest absolute Gasteiger partial charge is 0.356 e. The summed E-state index contributed by atoms with van der Waals surface area (Å²) in [7, 11) is 0. The van der Waals surface area contributed by atoms with E-state index in [9.17, 15) is 17.6 Å². The van der Waals surface area contributed by atoms with Gasteiger partial charge in [0.25, 0.3) is 0 Å². The van der Waals surface area contributed by atoms with Gasteiger partial charge in [0.05, 0.1) is 5.56 Å². The van der Waals surface area contributed by atoms with Crippen molar-refractivity contribution >= 4 is 16.5 Å². The average Bonchev–Trinajstić information content (AvgIpc) is 2.84. The molecule has 1 aromatic heterocycles. The van der Waals surface area contributed by atoms with Crippen LogP contribution < -0.4 is 5.32 Å². The highest BCUT2D eigenvalue weighted by Crippen LogP contribution is 2.32. The zero-order chi connectivity index (χ0) is 14.8. The molecule has 1 heterocycles. The summed E-state index contributed by atoms with van der Waals surface area (Å²) in [6, 6.07) is 2.92. The third-order valence-corrected chi connectivity index (χ3v) is 3.57. The van der Waals surface area contributed by atoms with Crippen LogP contribution in [0.5, 0.6) is 0 Å². The molecule has 2 aromatic rings. The predicted molar refractivity (Wildman–Crippen MR) is 68.0 cm³/mol. The minimum absolute atomic E-state index is 0.127. The van der Waals surface area contributed by atoms with E-state index in [4.69, 9.17) is 0 Å². The van der Waals surface area contributed by atoms with Crippen molar-refractivity contribution in [1.82, 2.24) is 10.2 Å². The summed E-state index contributed by atoms with van der Waals surface area (Å²) in [5.74, 6) is -1.27. The molecule has 0 radical (unpaired) electrons. The highest BCUT2D eigenvalue weighted by atomic mass is 32.1. The molecule has 0 saturated carbocycles. The van der Waals surface area contributed by atoms with Crippen LogP contribution in [0.25, 0.3) is 0 Å². The molecule has 8 heteroatoms. The first-order valence-electron chi connectivity index (χ1n) is 5.82. The van der Waals surface area contributed by atoms with Crippen molar-refractivity contribution in [2.45, 2.75) is 26.1 Å². The van der Waals surface area contributed by atoms with Crippen molar-refractivity contribution in [2.75, 3.05) is 5.32 Å². The maximum Gasteiger partial charge on any atom is 0.419 e. The standard InChI is InChI=1S/C12H11F4N3S/c1-2-10-18-19-11(20-10)17-6-7-3-4-9(13)8(5-7)12(14,15)16/h3-5H,2,6H2,1H3,(H,17,19). The van der Waals surface area contributed by atoms with Crippen LogP contribution in [-0.2, 0) is 19.1 Å². The summed E-state index contributed by atoms with van der Waals surface area (Å²) in [6.45, 7) is 2.06. The van der Waals surface area contributed by atoms with Crippen LogP contribution in [0.15, 0.2) is 18.2 Å². The molecule has 2 rings (SSSR count). The van der Waals surface area contributed by atoms with Gasteiger partial charge in [-0.25, -0.2) is 4.39 Å². The molecule has 1 N–H and O–H groups in total. The van der Waals surface area contributed by atoms with E-state index in [1.807, 2.05) is 6.92 Å². The normalized spacial score (nSPS) is 11.7. The largest absolute Gasteiger partial charge is 0.419 e. The fraction of sp³-hybridized carbons (Fsp3) is 0.333. The Morgan fingerprint density at radius 2 is 2.00 bits per heavy atom. The quantitative estimate of drug-likeness (QED) is 0.871. The second kappa shape index (κ2) is 5.74. The molecular weight excluding hydrogens is 294 g/mol. The van der Waals surface area contributed by atoms with E-state index >= 15 is 0 Å². The topological polar surface area (TPSA) is 37.8 Å². The average molecular weight is 305 g/mol. The molecule has 0 atom stereocenters. The lowest BCUT2D eigenvalue weighted by molar-refractivity contribution is -0.140. The summed E-state index contributed by atoms with van der Waals surface area (Å²) < 4.78 is 50.8. The molecule has 1 aromatic carbocycles. The maximum atomic E-state index is 13.1. The molecule has 0 saturated heterocycles. The number of alkyl halides is 3. The van der Waals surface area contributed by atoms with E-state index < -0.39 is 17.6 Å². The summed E-state index contributed by atoms with van der Waals surface area (Å²) in [5, 5.41) is 12.0. The summed E-state index contributed by atoms with van der Waals surface area (Å²) in [5.41, 5.74) is -0.935. The second-order valence-electron chi connectivity index (χ2n) is 4.02. The van der Waals surface area contributed by atoms with E-state index in [-0.39, 0.29) is 6.54 Å². The van der Waals surface area contributed by atoms with E-state index in [1.54, 1.807) is 0 Å². The SMILES string of the molecule is CCc1nnc(NCc2ccc(F)c(C(F)(F)F)c2)s1. The van der Waals surface area contributed by atoms with Gasteiger partial charge in [0, 0.05) is 6.54 Å². The lowest BCUT2D eigenvalue weighted by Gasteiger charge is -2.10. The highest BCUT2D eigenvalue weighted by Gasteiger charge is 2.34. The number of benzene rings is 1. The molecule has 0 aliphatic carbocycles. The van der Waals surface area contributed by atoms with Gasteiger partial charge in [-0.2, -0.15) is 13.2 Å². The molecule has 20 heavy (non-hydrogen) atoms. The van der Waals surface area contributed by atoms with Gasteiger partial charge < -0.3 is 5.32 Å². The van der Waals surface area contributed by atoms with Crippen LogP contribution in [0.2, 0.25) is 0 Å². The van der Waals surface area contributed by atoms with Gasteiger partial charge in [-0.1, -0.05) is 24.3 Å². The molecular formula is C12H11F4N3S. The Hall–Kier alpha value is -1.70. The van der Waals surface area contributed by atoms with Crippen molar-refractivity contribution in [2.24, 2.45) is 0 Å². The molecule has 0 aliphatic rings. The van der Waals surface area contributed by atoms with Gasteiger partial charge in [-0.15, -0.1) is 10.2 Å². The maximum absolute atomic E-state index is 13.1. The van der Waals surface area contributed by atoms with Gasteiger partial charge in [0.1, 0.15) is 10.8 Å². The van der Waals surface area contributed by atoms with Crippen LogP contribution in [0.4, 0.5) is 22.7 Å². The Morgan fingerprint density at radius 1 is 1.25 bits per heavy atom. The Kier molecular flexibility index (Phi) is 4.22. The van der Waals surface area contributed by atoms with Gasteiger partial charge in [-0.3, -0.25) is 0 Å². The van der Waals surface area contributed by atoms with Crippen LogP contribution >= 0.6 is 11.3 Å². The van der Waals surface area contributed by atoms with Crippen molar-refractivity contribution in [3.8, 4) is 0 Å². The van der Waals surface area contributed by atoms with Crippen LogP contribution in [0, 0.1) is 5.82 Å². The highest BCUT2D eigenvalue weighted by molar-refractivity contribution is 7.15. The molecule has 0 fully saturated rings. The van der Waals surface area contributed by atoms with E-state index in [0.717, 1.165) is 23.6 Å². The summed E-state index contributed by atoms with van der Waals surface area (Å²) in [4.78, 5) is 0. The Morgan fingerprint density at radius 3 is 2.60 bits per heavy atom. The molecule has 3 nitrogen and oxygen atoms in total. The van der Waals surface area contributed by atoms with Gasteiger partial charge >= 0.3 is 6.18 Å². The summed E-state index contributed by atoms with van der Waals surface area (Å²) >= 11 is 1.34. The lowest BCUT2D eigenvalue weighted by Crippen LogP contribution is -2.10. The fourth-order valence-corrected chi connectivity index (χ4v) is 2.22. The lowest BCUT2D eigenvalue weighted by atomic mass is 10.1. The summed E-state index contributed by atoms with van der Waals surface area (Å²) in [6.07, 6.45) is -3.95. The number of anilines is 1. The number of hydrogen-bond donors (Lipinski definition) is 1. The third kappa shape index (κ3) is 3.44.